The van der Waals surface area contributed by atoms with Crippen molar-refractivity contribution in [2.24, 2.45) is 0 Å². The molecule has 0 radical (unpaired) electrons. The topological polar surface area (TPSA) is 49.4 Å². The van der Waals surface area contributed by atoms with Gasteiger partial charge in [0.25, 0.3) is 0 Å². The smallest absolute Gasteiger partial charge is 0.224 e. The Morgan fingerprint density at radius 3 is 2.61 bits per heavy atom. The first-order chi connectivity index (χ1) is 8.54. The zero-order valence-electron chi connectivity index (χ0n) is 10.2. The lowest BCUT2D eigenvalue weighted by Gasteiger charge is -2.16. The monoisotopic (exact) mass is 264 g/mol. The lowest BCUT2D eigenvalue weighted by molar-refractivity contribution is -0.128. The van der Waals surface area contributed by atoms with Gasteiger partial charge in [-0.2, -0.15) is 12.6 Å². The fourth-order valence-electron chi connectivity index (χ4n) is 2.02. The maximum Gasteiger partial charge on any atom is 0.224 e. The van der Waals surface area contributed by atoms with E-state index in [9.17, 15) is 9.59 Å². The molecule has 0 aliphatic carbocycles. The van der Waals surface area contributed by atoms with Gasteiger partial charge < -0.3 is 10.2 Å². The van der Waals surface area contributed by atoms with Crippen LogP contribution in [0.4, 0.5) is 5.69 Å². The van der Waals surface area contributed by atoms with E-state index in [1.54, 1.807) is 0 Å². The Morgan fingerprint density at radius 1 is 1.44 bits per heavy atom. The summed E-state index contributed by atoms with van der Waals surface area (Å²) in [6.07, 6.45) is 0.521. The molecule has 1 fully saturated rings. The summed E-state index contributed by atoms with van der Waals surface area (Å²) in [5, 5.41) is 2.86. The summed E-state index contributed by atoms with van der Waals surface area (Å²) in [6.45, 7) is 2.79. The van der Waals surface area contributed by atoms with Crippen molar-refractivity contribution in [1.82, 2.24) is 4.90 Å². The number of carbonyl (C=O) groups is 2. The van der Waals surface area contributed by atoms with Gasteiger partial charge in [-0.25, -0.2) is 0 Å². The normalized spacial score (nSPS) is 19.1. The minimum absolute atomic E-state index is 0.0876. The van der Waals surface area contributed by atoms with Crippen molar-refractivity contribution in [3.05, 3.63) is 29.8 Å². The number of carbonyl (C=O) groups excluding carboxylic acids is 2. The minimum atomic E-state index is -0.0876. The molecule has 1 heterocycles. The van der Waals surface area contributed by atoms with Crippen molar-refractivity contribution in [3.8, 4) is 0 Å². The quantitative estimate of drug-likeness (QED) is 0.816. The molecule has 4 nitrogen and oxygen atoms in total. The van der Waals surface area contributed by atoms with E-state index < -0.39 is 0 Å². The summed E-state index contributed by atoms with van der Waals surface area (Å²) in [6, 6.07) is 7.53. The van der Waals surface area contributed by atoms with Crippen molar-refractivity contribution in [1.29, 1.82) is 0 Å². The second kappa shape index (κ2) is 5.44. The van der Waals surface area contributed by atoms with Gasteiger partial charge in [-0.15, -0.1) is 0 Å². The van der Waals surface area contributed by atoms with E-state index in [-0.39, 0.29) is 17.1 Å². The average molecular weight is 264 g/mol. The Balaban J connectivity index is 1.98. The Kier molecular flexibility index (Phi) is 3.91. The molecule has 2 amide bonds. The predicted octanol–water partition coefficient (Wildman–Crippen LogP) is 1.68. The van der Waals surface area contributed by atoms with E-state index in [2.05, 4.69) is 17.9 Å². The summed E-state index contributed by atoms with van der Waals surface area (Å²) in [4.78, 5) is 24.3. The van der Waals surface area contributed by atoms with Crippen LogP contribution in [-0.4, -0.2) is 28.5 Å². The number of thiol groups is 1. The fourth-order valence-corrected chi connectivity index (χ4v) is 2.37. The number of hydrogen-bond donors (Lipinski definition) is 2. The first-order valence-electron chi connectivity index (χ1n) is 5.87. The zero-order valence-corrected chi connectivity index (χ0v) is 11.1. The van der Waals surface area contributed by atoms with Gasteiger partial charge in [0.1, 0.15) is 0 Å². The van der Waals surface area contributed by atoms with Crippen LogP contribution in [0.3, 0.4) is 0 Å². The van der Waals surface area contributed by atoms with Crippen LogP contribution in [0.5, 0.6) is 0 Å². The van der Waals surface area contributed by atoms with Crippen LogP contribution in [0.25, 0.3) is 0 Å². The number of likely N-dealkylation sites (tertiary alicyclic amines) is 1. The first kappa shape index (κ1) is 13.0. The SMILES string of the molecule is CC(=O)Nc1ccc(CN2CC(S)CC2=O)cc1. The van der Waals surface area contributed by atoms with Crippen molar-refractivity contribution in [2.45, 2.75) is 25.1 Å². The van der Waals surface area contributed by atoms with E-state index >= 15 is 0 Å². The molecule has 1 atom stereocenters. The largest absolute Gasteiger partial charge is 0.337 e. The molecular weight excluding hydrogens is 248 g/mol. The minimum Gasteiger partial charge on any atom is -0.337 e. The van der Waals surface area contributed by atoms with E-state index in [0.717, 1.165) is 11.3 Å². The van der Waals surface area contributed by atoms with Crippen LogP contribution < -0.4 is 5.32 Å². The predicted molar refractivity (Wildman–Crippen MR) is 73.6 cm³/mol. The van der Waals surface area contributed by atoms with Crippen LogP contribution >= 0.6 is 12.6 Å². The summed E-state index contributed by atoms with van der Waals surface area (Å²) >= 11 is 4.32. The Labute approximate surface area is 112 Å². The fraction of sp³-hybridized carbons (Fsp3) is 0.385. The van der Waals surface area contributed by atoms with Gasteiger partial charge >= 0.3 is 0 Å². The summed E-state index contributed by atoms with van der Waals surface area (Å²) < 4.78 is 0. The number of anilines is 1. The van der Waals surface area contributed by atoms with Crippen LogP contribution in [-0.2, 0) is 16.1 Å². The summed E-state index contributed by atoms with van der Waals surface area (Å²) in [5.74, 6) is 0.0660. The summed E-state index contributed by atoms with van der Waals surface area (Å²) in [7, 11) is 0. The molecule has 1 aromatic carbocycles. The van der Waals surface area contributed by atoms with Crippen molar-refractivity contribution in [2.75, 3.05) is 11.9 Å². The third-order valence-electron chi connectivity index (χ3n) is 2.84. The van der Waals surface area contributed by atoms with Gasteiger partial charge in [-0.1, -0.05) is 12.1 Å². The van der Waals surface area contributed by atoms with Gasteiger partial charge in [0, 0.05) is 37.4 Å². The molecule has 0 saturated carbocycles. The molecule has 1 aliphatic heterocycles. The molecule has 0 aromatic heterocycles. The lowest BCUT2D eigenvalue weighted by Crippen LogP contribution is -2.24. The number of benzene rings is 1. The second-order valence-corrected chi connectivity index (χ2v) is 5.24. The Hall–Kier alpha value is -1.49. The maximum absolute atomic E-state index is 11.6. The standard InChI is InChI=1S/C13H16N2O2S/c1-9(16)14-11-4-2-10(3-5-11)7-15-8-12(18)6-13(15)17/h2-5,12,18H,6-8H2,1H3,(H,14,16). The number of rotatable bonds is 3. The zero-order chi connectivity index (χ0) is 13.1. The van der Waals surface area contributed by atoms with E-state index in [1.807, 2.05) is 29.2 Å². The molecule has 5 heteroatoms. The van der Waals surface area contributed by atoms with Gasteiger partial charge in [-0.3, -0.25) is 9.59 Å². The van der Waals surface area contributed by atoms with Crippen LogP contribution in [0.1, 0.15) is 18.9 Å². The first-order valence-corrected chi connectivity index (χ1v) is 6.38. The highest BCUT2D eigenvalue weighted by Gasteiger charge is 2.26. The molecule has 0 spiro atoms. The molecule has 18 heavy (non-hydrogen) atoms. The van der Waals surface area contributed by atoms with Crippen molar-refractivity contribution in [3.63, 3.8) is 0 Å². The van der Waals surface area contributed by atoms with Gasteiger partial charge in [0.2, 0.25) is 11.8 Å². The molecule has 1 unspecified atom stereocenters. The van der Waals surface area contributed by atoms with Gasteiger partial charge in [0.15, 0.2) is 0 Å². The molecule has 1 aromatic rings. The van der Waals surface area contributed by atoms with Crippen molar-refractivity contribution < 1.29 is 9.59 Å². The van der Waals surface area contributed by atoms with Crippen LogP contribution in [0.15, 0.2) is 24.3 Å². The van der Waals surface area contributed by atoms with Gasteiger partial charge in [0.05, 0.1) is 0 Å². The second-order valence-electron chi connectivity index (χ2n) is 4.51. The lowest BCUT2D eigenvalue weighted by atomic mass is 10.2. The highest BCUT2D eigenvalue weighted by atomic mass is 32.1. The molecule has 1 aliphatic rings. The third kappa shape index (κ3) is 3.26. The molecule has 2 rings (SSSR count). The van der Waals surface area contributed by atoms with E-state index in [4.69, 9.17) is 0 Å². The van der Waals surface area contributed by atoms with E-state index in [0.29, 0.717) is 19.5 Å². The molecule has 96 valence electrons. The molecule has 0 bridgehead atoms. The Bertz CT molecular complexity index is 459. The maximum atomic E-state index is 11.6. The van der Waals surface area contributed by atoms with E-state index in [1.165, 1.54) is 6.92 Å². The average Bonchev–Trinajstić information content (AvgIpc) is 2.59. The van der Waals surface area contributed by atoms with Crippen LogP contribution in [0, 0.1) is 0 Å². The Morgan fingerprint density at radius 2 is 2.11 bits per heavy atom. The number of hydrogen-bond acceptors (Lipinski definition) is 3. The third-order valence-corrected chi connectivity index (χ3v) is 3.19. The highest BCUT2D eigenvalue weighted by Crippen LogP contribution is 2.19. The molecular formula is C13H16N2O2S. The number of nitrogens with zero attached hydrogens (tertiary/aromatic N) is 1. The molecule has 1 saturated heterocycles. The van der Waals surface area contributed by atoms with Crippen LogP contribution in [0.2, 0.25) is 0 Å². The summed E-state index contributed by atoms with van der Waals surface area (Å²) in [5.41, 5.74) is 1.82. The van der Waals surface area contributed by atoms with Gasteiger partial charge in [-0.05, 0) is 17.7 Å². The number of amides is 2. The molecule has 1 N–H and O–H groups in total. The van der Waals surface area contributed by atoms with Crippen molar-refractivity contribution >= 4 is 30.1 Å². The number of nitrogens with one attached hydrogen (secondary N) is 1. The highest BCUT2D eigenvalue weighted by molar-refractivity contribution is 7.81.